The van der Waals surface area contributed by atoms with Gasteiger partial charge in [0.1, 0.15) is 30.0 Å². The smallest absolute Gasteiger partial charge is 0.186 e. The SMILES string of the molecule is O=C1C=C[C@](O)(CCO[C@@H]2O[C@H](CO)[C@@H](O)[C@H](O)[C@H]2O)[C@H](O)C1. The molecule has 1 saturated heterocycles. The number of rotatable bonds is 5. The third-order valence-corrected chi connectivity index (χ3v) is 4.16. The van der Waals surface area contributed by atoms with Crippen LogP contribution < -0.4 is 0 Å². The molecule has 9 nitrogen and oxygen atoms in total. The summed E-state index contributed by atoms with van der Waals surface area (Å²) in [6.45, 7) is -0.729. The molecule has 1 fully saturated rings. The third kappa shape index (κ3) is 3.95. The normalized spacial score (nSPS) is 44.5. The largest absolute Gasteiger partial charge is 0.394 e. The molecule has 132 valence electrons. The van der Waals surface area contributed by atoms with Crippen LogP contribution in [-0.4, -0.2) is 92.0 Å². The van der Waals surface area contributed by atoms with Crippen molar-refractivity contribution >= 4 is 5.78 Å². The van der Waals surface area contributed by atoms with E-state index in [0.717, 1.165) is 0 Å². The summed E-state index contributed by atoms with van der Waals surface area (Å²) in [6.07, 6.45) is -6.12. The Morgan fingerprint density at radius 1 is 1.22 bits per heavy atom. The average molecular weight is 334 g/mol. The fraction of sp³-hybridized carbons (Fsp3) is 0.786. The minimum atomic E-state index is -1.64. The summed E-state index contributed by atoms with van der Waals surface area (Å²) >= 11 is 0. The number of hydrogen-bond donors (Lipinski definition) is 6. The molecule has 0 aromatic heterocycles. The van der Waals surface area contributed by atoms with E-state index in [1.54, 1.807) is 0 Å². The van der Waals surface area contributed by atoms with E-state index in [4.69, 9.17) is 14.6 Å². The summed E-state index contributed by atoms with van der Waals surface area (Å²) in [4.78, 5) is 11.1. The van der Waals surface area contributed by atoms with Crippen LogP contribution in [0.1, 0.15) is 12.8 Å². The molecule has 0 bridgehead atoms. The fourth-order valence-corrected chi connectivity index (χ4v) is 2.58. The van der Waals surface area contributed by atoms with Gasteiger partial charge in [-0.05, 0) is 12.2 Å². The van der Waals surface area contributed by atoms with Gasteiger partial charge < -0.3 is 40.1 Å². The average Bonchev–Trinajstić information content (AvgIpc) is 2.52. The minimum absolute atomic E-state index is 0.0764. The van der Waals surface area contributed by atoms with Crippen LogP contribution in [0.2, 0.25) is 0 Å². The predicted octanol–water partition coefficient (Wildman–Crippen LogP) is -3.19. The van der Waals surface area contributed by atoms with E-state index >= 15 is 0 Å². The van der Waals surface area contributed by atoms with Crippen LogP contribution in [0.25, 0.3) is 0 Å². The molecule has 0 aromatic carbocycles. The van der Waals surface area contributed by atoms with Crippen LogP contribution >= 0.6 is 0 Å². The van der Waals surface area contributed by atoms with Gasteiger partial charge in [-0.25, -0.2) is 0 Å². The number of allylic oxidation sites excluding steroid dienone is 1. The summed E-state index contributed by atoms with van der Waals surface area (Å²) < 4.78 is 10.4. The molecule has 0 spiro atoms. The van der Waals surface area contributed by atoms with Gasteiger partial charge in [-0.2, -0.15) is 0 Å². The van der Waals surface area contributed by atoms with Crippen molar-refractivity contribution in [3.63, 3.8) is 0 Å². The standard InChI is InChI=1S/C14H22O9/c15-6-8-10(18)11(19)12(20)13(23-8)22-4-3-14(21)2-1-7(16)5-9(14)17/h1-2,8-13,15,17-21H,3-6H2/t8-,9-,10-,11+,12-,13-,14+/m1/s1. The molecule has 2 aliphatic rings. The number of ketones is 1. The van der Waals surface area contributed by atoms with Crippen molar-refractivity contribution in [1.82, 2.24) is 0 Å². The van der Waals surface area contributed by atoms with Crippen molar-refractivity contribution in [2.45, 2.75) is 55.3 Å². The highest BCUT2D eigenvalue weighted by Crippen LogP contribution is 2.26. The van der Waals surface area contributed by atoms with Gasteiger partial charge >= 0.3 is 0 Å². The second kappa shape index (κ2) is 7.32. The topological polar surface area (TPSA) is 157 Å². The van der Waals surface area contributed by atoms with Crippen molar-refractivity contribution in [3.05, 3.63) is 12.2 Å². The quantitative estimate of drug-likeness (QED) is 0.305. The van der Waals surface area contributed by atoms with Crippen LogP contribution in [0.3, 0.4) is 0 Å². The molecule has 1 aliphatic heterocycles. The molecule has 0 unspecified atom stereocenters. The lowest BCUT2D eigenvalue weighted by atomic mass is 9.85. The lowest BCUT2D eigenvalue weighted by Crippen LogP contribution is -2.59. The van der Waals surface area contributed by atoms with Crippen molar-refractivity contribution in [3.8, 4) is 0 Å². The first-order chi connectivity index (χ1) is 10.8. The maximum atomic E-state index is 11.1. The fourth-order valence-electron chi connectivity index (χ4n) is 2.58. The number of aliphatic hydroxyl groups excluding tert-OH is 5. The van der Waals surface area contributed by atoms with Crippen LogP contribution in [0.4, 0.5) is 0 Å². The van der Waals surface area contributed by atoms with Gasteiger partial charge in [-0.1, -0.05) is 0 Å². The molecule has 0 aromatic rings. The van der Waals surface area contributed by atoms with Crippen LogP contribution in [0.15, 0.2) is 12.2 Å². The molecule has 1 aliphatic carbocycles. The Balaban J connectivity index is 1.90. The molecule has 1 heterocycles. The van der Waals surface area contributed by atoms with E-state index in [-0.39, 0.29) is 25.2 Å². The number of ether oxygens (including phenoxy) is 2. The Morgan fingerprint density at radius 2 is 1.91 bits per heavy atom. The molecule has 2 rings (SSSR count). The van der Waals surface area contributed by atoms with Crippen LogP contribution in [0.5, 0.6) is 0 Å². The van der Waals surface area contributed by atoms with Crippen molar-refractivity contribution in [2.24, 2.45) is 0 Å². The molecular formula is C14H22O9. The molecular weight excluding hydrogens is 312 g/mol. The first-order valence-electron chi connectivity index (χ1n) is 7.33. The summed E-state index contributed by atoms with van der Waals surface area (Å²) in [5, 5.41) is 58.2. The van der Waals surface area contributed by atoms with E-state index in [0.29, 0.717) is 0 Å². The number of carbonyl (C=O) groups is 1. The van der Waals surface area contributed by atoms with Gasteiger partial charge in [0.25, 0.3) is 0 Å². The van der Waals surface area contributed by atoms with Gasteiger partial charge in [-0.3, -0.25) is 4.79 Å². The second-order valence-corrected chi connectivity index (χ2v) is 5.83. The number of hydrogen-bond acceptors (Lipinski definition) is 9. The zero-order valence-corrected chi connectivity index (χ0v) is 12.4. The van der Waals surface area contributed by atoms with Crippen molar-refractivity contribution in [2.75, 3.05) is 13.2 Å². The van der Waals surface area contributed by atoms with E-state index < -0.39 is 49.0 Å². The summed E-state index contributed by atoms with van der Waals surface area (Å²) in [7, 11) is 0. The summed E-state index contributed by atoms with van der Waals surface area (Å²) in [5.41, 5.74) is -1.64. The van der Waals surface area contributed by atoms with Crippen molar-refractivity contribution in [1.29, 1.82) is 0 Å². The maximum Gasteiger partial charge on any atom is 0.186 e. The second-order valence-electron chi connectivity index (χ2n) is 5.83. The van der Waals surface area contributed by atoms with E-state index in [1.165, 1.54) is 12.2 Å². The van der Waals surface area contributed by atoms with Gasteiger partial charge in [0.05, 0.1) is 19.3 Å². The van der Waals surface area contributed by atoms with E-state index in [1.807, 2.05) is 0 Å². The Bertz CT molecular complexity index is 452. The van der Waals surface area contributed by atoms with E-state index in [9.17, 15) is 30.3 Å². The first kappa shape index (κ1) is 18.4. The molecule has 23 heavy (non-hydrogen) atoms. The maximum absolute atomic E-state index is 11.1. The lowest BCUT2D eigenvalue weighted by Gasteiger charge is -2.40. The lowest BCUT2D eigenvalue weighted by molar-refractivity contribution is -0.302. The van der Waals surface area contributed by atoms with Crippen LogP contribution in [-0.2, 0) is 14.3 Å². The predicted molar refractivity (Wildman–Crippen MR) is 74.1 cm³/mol. The number of carbonyl (C=O) groups excluding carboxylic acids is 1. The van der Waals surface area contributed by atoms with Gasteiger partial charge in [-0.15, -0.1) is 0 Å². The highest BCUT2D eigenvalue weighted by molar-refractivity contribution is 5.91. The van der Waals surface area contributed by atoms with Gasteiger partial charge in [0, 0.05) is 12.8 Å². The van der Waals surface area contributed by atoms with Crippen LogP contribution in [0, 0.1) is 0 Å². The highest BCUT2D eigenvalue weighted by atomic mass is 16.7. The zero-order chi connectivity index (χ0) is 17.2. The number of aliphatic hydroxyl groups is 6. The van der Waals surface area contributed by atoms with Gasteiger partial charge in [0.15, 0.2) is 12.1 Å². The summed E-state index contributed by atoms with van der Waals surface area (Å²) in [5.74, 6) is -0.294. The molecule has 0 saturated carbocycles. The molecule has 7 atom stereocenters. The Hall–Kier alpha value is -0.910. The van der Waals surface area contributed by atoms with Crippen molar-refractivity contribution < 1.29 is 44.9 Å². The molecule has 0 radical (unpaired) electrons. The highest BCUT2D eigenvalue weighted by Gasteiger charge is 2.44. The summed E-state index contributed by atoms with van der Waals surface area (Å²) in [6, 6.07) is 0. The molecule has 0 amide bonds. The molecule has 9 heteroatoms. The van der Waals surface area contributed by atoms with E-state index in [2.05, 4.69) is 0 Å². The Kier molecular flexibility index (Phi) is 5.87. The minimum Gasteiger partial charge on any atom is -0.394 e. The Labute approximate surface area is 132 Å². The zero-order valence-electron chi connectivity index (χ0n) is 12.4. The Morgan fingerprint density at radius 3 is 2.52 bits per heavy atom. The first-order valence-corrected chi connectivity index (χ1v) is 7.33. The molecule has 6 N–H and O–H groups in total. The third-order valence-electron chi connectivity index (χ3n) is 4.16. The monoisotopic (exact) mass is 334 g/mol. The van der Waals surface area contributed by atoms with Gasteiger partial charge in [0.2, 0.25) is 0 Å².